The number of carbonyl (C=O) groups excluding carboxylic acids is 1. The van der Waals surface area contributed by atoms with E-state index in [-0.39, 0.29) is 11.5 Å². The predicted molar refractivity (Wildman–Crippen MR) is 73.7 cm³/mol. The van der Waals surface area contributed by atoms with Gasteiger partial charge in [0.05, 0.1) is 15.6 Å². The van der Waals surface area contributed by atoms with Crippen molar-refractivity contribution in [2.24, 2.45) is 0 Å². The van der Waals surface area contributed by atoms with Gasteiger partial charge in [-0.3, -0.25) is 10.1 Å². The lowest BCUT2D eigenvalue weighted by Gasteiger charge is -2.05. The van der Waals surface area contributed by atoms with Gasteiger partial charge < -0.3 is 0 Å². The zero-order valence-electron chi connectivity index (χ0n) is 9.41. The minimum atomic E-state index is -0.385. The van der Waals surface area contributed by atoms with Crippen LogP contribution >= 0.6 is 34.5 Å². The molecule has 18 heavy (non-hydrogen) atoms. The Bertz CT molecular complexity index is 565. The zero-order valence-corrected chi connectivity index (χ0v) is 11.7. The Morgan fingerprint density at radius 3 is 2.56 bits per heavy atom. The number of amides is 1. The summed E-state index contributed by atoms with van der Waals surface area (Å²) in [5.74, 6) is -0.385. The maximum Gasteiger partial charge on any atom is 0.260 e. The van der Waals surface area contributed by atoms with Crippen LogP contribution < -0.4 is 5.32 Å². The molecule has 0 aliphatic heterocycles. The van der Waals surface area contributed by atoms with Crippen molar-refractivity contribution in [3.8, 4) is 0 Å². The molecule has 1 heterocycles. The normalized spacial score (nSPS) is 10.4. The SMILES string of the molecule is CCc1nnc(NC(=O)c2c(Cl)cccc2Cl)s1. The molecule has 0 unspecified atom stereocenters. The van der Waals surface area contributed by atoms with Crippen molar-refractivity contribution in [2.75, 3.05) is 5.32 Å². The summed E-state index contributed by atoms with van der Waals surface area (Å²) in [6, 6.07) is 4.90. The molecule has 4 nitrogen and oxygen atoms in total. The molecule has 0 saturated carbocycles. The quantitative estimate of drug-likeness (QED) is 0.941. The Labute approximate surface area is 118 Å². The number of aromatic nitrogens is 2. The number of carbonyl (C=O) groups is 1. The second-order valence-electron chi connectivity index (χ2n) is 3.41. The summed E-state index contributed by atoms with van der Waals surface area (Å²) in [5, 5.41) is 12.3. The van der Waals surface area contributed by atoms with Crippen LogP contribution in [0.4, 0.5) is 5.13 Å². The fourth-order valence-electron chi connectivity index (χ4n) is 1.32. The summed E-state index contributed by atoms with van der Waals surface area (Å²) >= 11 is 13.2. The van der Waals surface area contributed by atoms with Gasteiger partial charge in [0.15, 0.2) is 0 Å². The van der Waals surface area contributed by atoms with Gasteiger partial charge in [-0.25, -0.2) is 0 Å². The minimum Gasteiger partial charge on any atom is -0.296 e. The van der Waals surface area contributed by atoms with E-state index >= 15 is 0 Å². The van der Waals surface area contributed by atoms with Gasteiger partial charge in [0.2, 0.25) is 5.13 Å². The molecule has 1 amide bonds. The third kappa shape index (κ3) is 2.80. The largest absolute Gasteiger partial charge is 0.296 e. The summed E-state index contributed by atoms with van der Waals surface area (Å²) in [5.41, 5.74) is 0.245. The van der Waals surface area contributed by atoms with Crippen LogP contribution in [0.15, 0.2) is 18.2 Å². The molecule has 1 aromatic heterocycles. The Hall–Kier alpha value is -1.17. The third-order valence-electron chi connectivity index (χ3n) is 2.18. The first kappa shape index (κ1) is 13.3. The molecule has 0 fully saturated rings. The number of hydrogen-bond donors (Lipinski definition) is 1. The molecule has 1 N–H and O–H groups in total. The van der Waals surface area contributed by atoms with Gasteiger partial charge in [0.25, 0.3) is 5.91 Å². The number of hydrogen-bond acceptors (Lipinski definition) is 4. The smallest absolute Gasteiger partial charge is 0.260 e. The highest BCUT2D eigenvalue weighted by molar-refractivity contribution is 7.15. The summed E-state index contributed by atoms with van der Waals surface area (Å²) < 4.78 is 0. The minimum absolute atomic E-state index is 0.245. The highest BCUT2D eigenvalue weighted by atomic mass is 35.5. The molecule has 2 rings (SSSR count). The van der Waals surface area contributed by atoms with Crippen LogP contribution in [0.1, 0.15) is 22.3 Å². The molecule has 7 heteroatoms. The number of nitrogens with one attached hydrogen (secondary N) is 1. The summed E-state index contributed by atoms with van der Waals surface area (Å²) in [6.45, 7) is 1.97. The van der Waals surface area contributed by atoms with Gasteiger partial charge in [-0.1, -0.05) is 47.5 Å². The van der Waals surface area contributed by atoms with E-state index in [1.165, 1.54) is 11.3 Å². The van der Waals surface area contributed by atoms with Crippen LogP contribution in [0.5, 0.6) is 0 Å². The van der Waals surface area contributed by atoms with Gasteiger partial charge in [0.1, 0.15) is 5.01 Å². The first-order valence-electron chi connectivity index (χ1n) is 5.19. The molecule has 0 bridgehead atoms. The average Bonchev–Trinajstić information content (AvgIpc) is 2.76. The van der Waals surface area contributed by atoms with Crippen LogP contribution in [0.2, 0.25) is 10.0 Å². The van der Waals surface area contributed by atoms with E-state index in [0.29, 0.717) is 15.2 Å². The van der Waals surface area contributed by atoms with Gasteiger partial charge >= 0.3 is 0 Å². The van der Waals surface area contributed by atoms with E-state index in [1.807, 2.05) is 6.92 Å². The van der Waals surface area contributed by atoms with E-state index in [1.54, 1.807) is 18.2 Å². The van der Waals surface area contributed by atoms with Crippen LogP contribution in [0.3, 0.4) is 0 Å². The molecule has 0 spiro atoms. The lowest BCUT2D eigenvalue weighted by atomic mass is 10.2. The van der Waals surface area contributed by atoms with E-state index in [0.717, 1.165) is 11.4 Å². The number of halogens is 2. The molecular formula is C11H9Cl2N3OS. The lowest BCUT2D eigenvalue weighted by molar-refractivity contribution is 0.102. The molecule has 0 saturated heterocycles. The number of benzene rings is 1. The zero-order chi connectivity index (χ0) is 13.1. The van der Waals surface area contributed by atoms with Crippen LogP contribution in [-0.2, 0) is 6.42 Å². The van der Waals surface area contributed by atoms with Crippen molar-refractivity contribution in [1.29, 1.82) is 0 Å². The molecule has 2 aromatic rings. The second kappa shape index (κ2) is 5.65. The molecule has 0 aliphatic rings. The highest BCUT2D eigenvalue weighted by Gasteiger charge is 2.16. The van der Waals surface area contributed by atoms with Gasteiger partial charge in [-0.2, -0.15) is 0 Å². The monoisotopic (exact) mass is 301 g/mol. The summed E-state index contributed by atoms with van der Waals surface area (Å²) in [6.07, 6.45) is 0.778. The van der Waals surface area contributed by atoms with Crippen molar-refractivity contribution in [3.05, 3.63) is 38.8 Å². The molecule has 0 aliphatic carbocycles. The van der Waals surface area contributed by atoms with Crippen molar-refractivity contribution >= 4 is 45.6 Å². The molecule has 0 atom stereocenters. The Kier molecular flexibility index (Phi) is 4.16. The van der Waals surface area contributed by atoms with Crippen molar-refractivity contribution in [2.45, 2.75) is 13.3 Å². The van der Waals surface area contributed by atoms with Gasteiger partial charge in [-0.05, 0) is 18.6 Å². The predicted octanol–water partition coefficient (Wildman–Crippen LogP) is 3.66. The maximum absolute atomic E-state index is 12.0. The van der Waals surface area contributed by atoms with Crippen LogP contribution in [0, 0.1) is 0 Å². The van der Waals surface area contributed by atoms with Gasteiger partial charge in [-0.15, -0.1) is 10.2 Å². The standard InChI is InChI=1S/C11H9Cl2N3OS/c1-2-8-15-16-11(18-8)14-10(17)9-6(12)4-3-5-7(9)13/h3-5H,2H2,1H3,(H,14,16,17). The summed E-state index contributed by atoms with van der Waals surface area (Å²) in [4.78, 5) is 12.0. The maximum atomic E-state index is 12.0. The van der Waals surface area contributed by atoms with Crippen molar-refractivity contribution in [3.63, 3.8) is 0 Å². The first-order valence-corrected chi connectivity index (χ1v) is 6.76. The second-order valence-corrected chi connectivity index (χ2v) is 5.28. The van der Waals surface area contributed by atoms with Crippen molar-refractivity contribution < 1.29 is 4.79 Å². The number of anilines is 1. The molecule has 94 valence electrons. The fourth-order valence-corrected chi connectivity index (χ4v) is 2.56. The fraction of sp³-hybridized carbons (Fsp3) is 0.182. The third-order valence-corrected chi connectivity index (χ3v) is 3.79. The van der Waals surface area contributed by atoms with E-state index < -0.39 is 0 Å². The number of aryl methyl sites for hydroxylation is 1. The molecule has 1 aromatic carbocycles. The Balaban J connectivity index is 2.22. The number of rotatable bonds is 3. The first-order chi connectivity index (χ1) is 8.61. The summed E-state index contributed by atoms with van der Waals surface area (Å²) in [7, 11) is 0. The Morgan fingerprint density at radius 2 is 2.00 bits per heavy atom. The van der Waals surface area contributed by atoms with Crippen molar-refractivity contribution in [1.82, 2.24) is 10.2 Å². The topological polar surface area (TPSA) is 54.9 Å². The van der Waals surface area contributed by atoms with E-state index in [2.05, 4.69) is 15.5 Å². The lowest BCUT2D eigenvalue weighted by Crippen LogP contribution is -2.12. The highest BCUT2D eigenvalue weighted by Crippen LogP contribution is 2.25. The number of nitrogens with zero attached hydrogens (tertiary/aromatic N) is 2. The van der Waals surface area contributed by atoms with Gasteiger partial charge in [0, 0.05) is 0 Å². The van der Waals surface area contributed by atoms with Crippen LogP contribution in [0.25, 0.3) is 0 Å². The van der Waals surface area contributed by atoms with E-state index in [9.17, 15) is 4.79 Å². The molecular weight excluding hydrogens is 293 g/mol. The Morgan fingerprint density at radius 1 is 1.33 bits per heavy atom. The average molecular weight is 302 g/mol. The molecule has 0 radical (unpaired) electrons. The van der Waals surface area contributed by atoms with E-state index in [4.69, 9.17) is 23.2 Å². The van der Waals surface area contributed by atoms with Crippen LogP contribution in [-0.4, -0.2) is 16.1 Å².